The topological polar surface area (TPSA) is 38.3 Å². The first kappa shape index (κ1) is 22.9. The average Bonchev–Trinajstić information content (AvgIpc) is 3.36. The van der Waals surface area contributed by atoms with Crippen molar-refractivity contribution < 1.29 is 9.53 Å². The van der Waals surface area contributed by atoms with Gasteiger partial charge < -0.3 is 10.1 Å². The summed E-state index contributed by atoms with van der Waals surface area (Å²) in [6.45, 7) is 10.3. The standard InChI is InChI=1S/C29H39NO2/c1-19-10-12-21(13-11-19)23-17-26(22-8-6-7-9-22)27(18-23)24-14-20(2)15-25(16-24)30-28(31)32-29(3,4)5/h6-8,10-13,20,23-27H,14-18H2,1-5H3,(H,30,31)/t20-,23+,24?,25+,26-,27-/m0/s1. The maximum atomic E-state index is 12.4. The summed E-state index contributed by atoms with van der Waals surface area (Å²) in [6.07, 6.45) is 11.9. The van der Waals surface area contributed by atoms with Crippen molar-refractivity contribution in [2.24, 2.45) is 23.7 Å². The summed E-state index contributed by atoms with van der Waals surface area (Å²) in [6, 6.07) is 9.34. The summed E-state index contributed by atoms with van der Waals surface area (Å²) in [7, 11) is 0. The minimum Gasteiger partial charge on any atom is -0.444 e. The van der Waals surface area contributed by atoms with Crippen molar-refractivity contribution in [3.63, 3.8) is 0 Å². The highest BCUT2D eigenvalue weighted by molar-refractivity contribution is 5.68. The molecule has 0 aliphatic heterocycles. The van der Waals surface area contributed by atoms with E-state index in [4.69, 9.17) is 4.74 Å². The normalized spacial score (nSPS) is 32.1. The third kappa shape index (κ3) is 5.56. The van der Waals surface area contributed by atoms with Crippen LogP contribution in [0.25, 0.3) is 0 Å². The Morgan fingerprint density at radius 2 is 1.81 bits per heavy atom. The predicted octanol–water partition coefficient (Wildman–Crippen LogP) is 7.09. The maximum absolute atomic E-state index is 12.4. The monoisotopic (exact) mass is 433 g/mol. The number of aryl methyl sites for hydroxylation is 1. The van der Waals surface area contributed by atoms with Crippen molar-refractivity contribution in [1.82, 2.24) is 5.32 Å². The first-order valence-electron chi connectivity index (χ1n) is 12.4. The summed E-state index contributed by atoms with van der Waals surface area (Å²) in [4.78, 5) is 12.4. The van der Waals surface area contributed by atoms with Gasteiger partial charge >= 0.3 is 6.09 Å². The summed E-state index contributed by atoms with van der Waals surface area (Å²) >= 11 is 0. The first-order chi connectivity index (χ1) is 15.2. The molecule has 1 amide bonds. The molecule has 3 nitrogen and oxygen atoms in total. The molecule has 0 bridgehead atoms. The molecule has 4 rings (SSSR count). The molecule has 2 saturated carbocycles. The van der Waals surface area contributed by atoms with E-state index in [1.807, 2.05) is 20.8 Å². The molecule has 32 heavy (non-hydrogen) atoms. The molecule has 1 unspecified atom stereocenters. The van der Waals surface area contributed by atoms with E-state index in [9.17, 15) is 4.79 Å². The van der Waals surface area contributed by atoms with Crippen LogP contribution in [0.4, 0.5) is 4.79 Å². The molecule has 0 spiro atoms. The Morgan fingerprint density at radius 3 is 2.47 bits per heavy atom. The van der Waals surface area contributed by atoms with Crippen LogP contribution >= 0.6 is 0 Å². The fourth-order valence-corrected chi connectivity index (χ4v) is 6.23. The van der Waals surface area contributed by atoms with E-state index in [1.165, 1.54) is 36.0 Å². The Hall–Kier alpha value is -2.25. The quantitative estimate of drug-likeness (QED) is 0.515. The number of hydrogen-bond acceptors (Lipinski definition) is 2. The van der Waals surface area contributed by atoms with Gasteiger partial charge in [-0.3, -0.25) is 0 Å². The molecule has 2 fully saturated rings. The number of carbonyl (C=O) groups excluding carboxylic acids is 1. The van der Waals surface area contributed by atoms with E-state index in [-0.39, 0.29) is 12.1 Å². The summed E-state index contributed by atoms with van der Waals surface area (Å²) < 4.78 is 5.55. The molecule has 0 heterocycles. The zero-order valence-corrected chi connectivity index (χ0v) is 20.4. The number of hydrogen-bond donors (Lipinski definition) is 1. The second-order valence-corrected chi connectivity index (χ2v) is 11.4. The molecule has 6 atom stereocenters. The van der Waals surface area contributed by atoms with Crippen LogP contribution in [0.2, 0.25) is 0 Å². The number of allylic oxidation sites excluding steroid dienone is 3. The lowest BCUT2D eigenvalue weighted by Crippen LogP contribution is -2.44. The molecule has 172 valence electrons. The van der Waals surface area contributed by atoms with Crippen molar-refractivity contribution >= 4 is 6.09 Å². The summed E-state index contributed by atoms with van der Waals surface area (Å²) in [5.41, 5.74) is 7.23. The fourth-order valence-electron chi connectivity index (χ4n) is 6.23. The van der Waals surface area contributed by atoms with Crippen LogP contribution in [-0.4, -0.2) is 17.7 Å². The van der Waals surface area contributed by atoms with Gasteiger partial charge in [-0.15, -0.1) is 5.73 Å². The van der Waals surface area contributed by atoms with Crippen LogP contribution in [0.1, 0.15) is 76.8 Å². The van der Waals surface area contributed by atoms with Gasteiger partial charge in [0.05, 0.1) is 0 Å². The van der Waals surface area contributed by atoms with E-state index in [2.05, 4.69) is 67.4 Å². The van der Waals surface area contributed by atoms with E-state index in [1.54, 1.807) is 0 Å². The Bertz CT molecular complexity index is 913. The van der Waals surface area contributed by atoms with Crippen LogP contribution in [0.3, 0.4) is 0 Å². The predicted molar refractivity (Wildman–Crippen MR) is 131 cm³/mol. The van der Waals surface area contributed by atoms with Crippen LogP contribution < -0.4 is 5.32 Å². The minimum absolute atomic E-state index is 0.196. The Labute approximate surface area is 194 Å². The molecule has 1 N–H and O–H groups in total. The van der Waals surface area contributed by atoms with Gasteiger partial charge in [-0.05, 0) is 107 Å². The van der Waals surface area contributed by atoms with Gasteiger partial charge in [-0.1, -0.05) is 48.9 Å². The smallest absolute Gasteiger partial charge is 0.407 e. The van der Waals surface area contributed by atoms with Crippen LogP contribution in [0.15, 0.2) is 53.8 Å². The SMILES string of the molecule is Cc1ccc([C@@H]2C[C@@H](C3=C=CC=C3)[C@H](C3C[C@H](C)C[C@@H](NC(=O)OC(C)(C)C)C3)C2)cc1. The summed E-state index contributed by atoms with van der Waals surface area (Å²) in [5.74, 6) is 3.00. The zero-order chi connectivity index (χ0) is 22.9. The van der Waals surface area contributed by atoms with Crippen molar-refractivity contribution in [2.45, 2.75) is 84.3 Å². The lowest BCUT2D eigenvalue weighted by molar-refractivity contribution is 0.0457. The molecule has 0 aromatic heterocycles. The highest BCUT2D eigenvalue weighted by atomic mass is 16.6. The van der Waals surface area contributed by atoms with E-state index in [0.717, 1.165) is 12.8 Å². The van der Waals surface area contributed by atoms with Crippen molar-refractivity contribution in [3.8, 4) is 0 Å². The van der Waals surface area contributed by atoms with Gasteiger partial charge in [0.2, 0.25) is 0 Å². The van der Waals surface area contributed by atoms with Gasteiger partial charge in [0.25, 0.3) is 0 Å². The van der Waals surface area contributed by atoms with Crippen molar-refractivity contribution in [1.29, 1.82) is 0 Å². The number of nitrogens with one attached hydrogen (secondary N) is 1. The molecular formula is C29H39NO2. The highest BCUT2D eigenvalue weighted by Gasteiger charge is 2.43. The van der Waals surface area contributed by atoms with Crippen LogP contribution in [0.5, 0.6) is 0 Å². The van der Waals surface area contributed by atoms with Crippen molar-refractivity contribution in [2.75, 3.05) is 0 Å². The van der Waals surface area contributed by atoms with E-state index < -0.39 is 5.60 Å². The lowest BCUT2D eigenvalue weighted by atomic mass is 9.69. The molecule has 1 aromatic carbocycles. The first-order valence-corrected chi connectivity index (χ1v) is 12.4. The van der Waals surface area contributed by atoms with Crippen LogP contribution in [0, 0.1) is 30.6 Å². The molecule has 0 radical (unpaired) electrons. The number of alkyl carbamates (subject to hydrolysis) is 1. The van der Waals surface area contributed by atoms with Gasteiger partial charge in [0, 0.05) is 6.04 Å². The van der Waals surface area contributed by atoms with E-state index >= 15 is 0 Å². The number of benzene rings is 1. The second-order valence-electron chi connectivity index (χ2n) is 11.4. The largest absolute Gasteiger partial charge is 0.444 e. The van der Waals surface area contributed by atoms with Gasteiger partial charge in [0.1, 0.15) is 5.60 Å². The van der Waals surface area contributed by atoms with Gasteiger partial charge in [-0.25, -0.2) is 4.79 Å². The zero-order valence-electron chi connectivity index (χ0n) is 20.4. The van der Waals surface area contributed by atoms with Gasteiger partial charge in [0.15, 0.2) is 0 Å². The molecular weight excluding hydrogens is 394 g/mol. The number of ether oxygens (including phenoxy) is 1. The fraction of sp³-hybridized carbons (Fsp3) is 0.586. The highest BCUT2D eigenvalue weighted by Crippen LogP contribution is 2.52. The molecule has 3 heteroatoms. The maximum Gasteiger partial charge on any atom is 0.407 e. The van der Waals surface area contributed by atoms with Gasteiger partial charge in [-0.2, -0.15) is 0 Å². The number of rotatable bonds is 4. The Kier molecular flexibility index (Phi) is 6.67. The third-order valence-corrected chi connectivity index (χ3v) is 7.49. The Morgan fingerprint density at radius 1 is 1.06 bits per heavy atom. The number of carbonyl (C=O) groups is 1. The second kappa shape index (κ2) is 9.32. The van der Waals surface area contributed by atoms with Crippen LogP contribution in [-0.2, 0) is 4.74 Å². The number of amides is 1. The average molecular weight is 434 g/mol. The molecule has 1 aromatic rings. The minimum atomic E-state index is -0.463. The van der Waals surface area contributed by atoms with E-state index in [0.29, 0.717) is 29.6 Å². The molecule has 3 aliphatic carbocycles. The Balaban J connectivity index is 1.51. The summed E-state index contributed by atoms with van der Waals surface area (Å²) in [5, 5.41) is 3.19. The molecule has 3 aliphatic rings. The third-order valence-electron chi connectivity index (χ3n) is 7.49. The lowest BCUT2D eigenvalue weighted by Gasteiger charge is -2.39. The van der Waals surface area contributed by atoms with Crippen molar-refractivity contribution in [3.05, 3.63) is 64.9 Å². The molecule has 0 saturated heterocycles.